The Balaban J connectivity index is 1.58. The molecule has 0 saturated carbocycles. The van der Waals surface area contributed by atoms with Gasteiger partial charge in [-0.25, -0.2) is 13.8 Å². The summed E-state index contributed by atoms with van der Waals surface area (Å²) < 4.78 is 37.7. The van der Waals surface area contributed by atoms with Crippen molar-refractivity contribution in [1.82, 2.24) is 9.88 Å². The van der Waals surface area contributed by atoms with Gasteiger partial charge in [-0.1, -0.05) is 0 Å². The number of nitrogens with zero attached hydrogens (tertiary/aromatic N) is 2. The highest BCUT2D eigenvalue weighted by Crippen LogP contribution is 2.24. The number of amides is 1. The molecule has 2 aromatic heterocycles. The first kappa shape index (κ1) is 17.8. The fourth-order valence-corrected chi connectivity index (χ4v) is 2.54. The molecule has 0 unspecified atom stereocenters. The second kappa shape index (κ2) is 7.51. The Morgan fingerprint density at radius 1 is 1.19 bits per heavy atom. The summed E-state index contributed by atoms with van der Waals surface area (Å²) in [6.45, 7) is 2.22. The number of halogens is 2. The van der Waals surface area contributed by atoms with Gasteiger partial charge in [0.05, 0.1) is 18.3 Å². The first-order valence-electron chi connectivity index (χ1n) is 8.12. The summed E-state index contributed by atoms with van der Waals surface area (Å²) in [5.41, 5.74) is 0.127. The second-order valence-corrected chi connectivity index (χ2v) is 6.00. The van der Waals surface area contributed by atoms with Gasteiger partial charge in [0.15, 0.2) is 11.7 Å². The van der Waals surface area contributed by atoms with Crippen LogP contribution in [-0.4, -0.2) is 22.8 Å². The van der Waals surface area contributed by atoms with E-state index in [1.807, 2.05) is 19.1 Å². The maximum absolute atomic E-state index is 13.8. The number of carbonyl (C=O) groups excluding carboxylic acids is 1. The van der Waals surface area contributed by atoms with E-state index in [4.69, 9.17) is 8.83 Å². The van der Waals surface area contributed by atoms with E-state index < -0.39 is 11.6 Å². The predicted molar refractivity (Wildman–Crippen MR) is 90.1 cm³/mol. The van der Waals surface area contributed by atoms with Crippen LogP contribution < -0.4 is 0 Å². The van der Waals surface area contributed by atoms with Crippen LogP contribution in [0, 0.1) is 18.6 Å². The number of hydrogen-bond donors (Lipinski definition) is 0. The smallest absolute Gasteiger partial charge is 0.223 e. The molecule has 0 spiro atoms. The largest absolute Gasteiger partial charge is 0.464 e. The zero-order valence-electron chi connectivity index (χ0n) is 14.5. The highest BCUT2D eigenvalue weighted by molar-refractivity contribution is 5.76. The van der Waals surface area contributed by atoms with Gasteiger partial charge in [0.25, 0.3) is 0 Å². The number of oxazole rings is 1. The van der Waals surface area contributed by atoms with Gasteiger partial charge in [0, 0.05) is 26.0 Å². The van der Waals surface area contributed by atoms with Gasteiger partial charge < -0.3 is 13.7 Å². The molecule has 26 heavy (non-hydrogen) atoms. The quantitative estimate of drug-likeness (QED) is 0.664. The number of hydrogen-bond acceptors (Lipinski definition) is 4. The van der Waals surface area contributed by atoms with Crippen LogP contribution in [0.1, 0.15) is 23.8 Å². The third-order valence-corrected chi connectivity index (χ3v) is 3.92. The highest BCUT2D eigenvalue weighted by atomic mass is 19.1. The summed E-state index contributed by atoms with van der Waals surface area (Å²) in [5.74, 6) is 0.545. The van der Waals surface area contributed by atoms with Crippen molar-refractivity contribution >= 4 is 5.91 Å². The predicted octanol–water partition coefficient (Wildman–Crippen LogP) is 4.11. The lowest BCUT2D eigenvalue weighted by Gasteiger charge is -2.15. The number of aryl methyl sites for hydroxylation is 2. The summed E-state index contributed by atoms with van der Waals surface area (Å²) in [7, 11) is 1.69. The van der Waals surface area contributed by atoms with Crippen LogP contribution in [0.25, 0.3) is 11.3 Å². The lowest BCUT2D eigenvalue weighted by molar-refractivity contribution is -0.130. The van der Waals surface area contributed by atoms with Crippen molar-refractivity contribution in [1.29, 1.82) is 0 Å². The molecule has 7 heteroatoms. The Hall–Kier alpha value is -2.96. The molecule has 5 nitrogen and oxygen atoms in total. The molecule has 0 saturated heterocycles. The van der Waals surface area contributed by atoms with E-state index in [0.29, 0.717) is 18.2 Å². The Morgan fingerprint density at radius 2 is 2.00 bits per heavy atom. The summed E-state index contributed by atoms with van der Waals surface area (Å²) in [5, 5.41) is 0. The fourth-order valence-electron chi connectivity index (χ4n) is 2.54. The van der Waals surface area contributed by atoms with Crippen molar-refractivity contribution in [3.63, 3.8) is 0 Å². The van der Waals surface area contributed by atoms with Gasteiger partial charge in [0.1, 0.15) is 23.2 Å². The first-order valence-corrected chi connectivity index (χ1v) is 8.12. The molecule has 3 aromatic rings. The Labute approximate surface area is 149 Å². The highest BCUT2D eigenvalue weighted by Gasteiger charge is 2.15. The van der Waals surface area contributed by atoms with Crippen molar-refractivity contribution in [3.8, 4) is 11.3 Å². The van der Waals surface area contributed by atoms with E-state index in [9.17, 15) is 13.6 Å². The molecular weight excluding hydrogens is 342 g/mol. The standard InChI is InChI=1S/C19H18F2N2O3/c1-12-3-5-14(25-12)11-23(2)19(24)8-7-18-22-10-17(26-18)15-6-4-13(20)9-16(15)21/h3-6,9-10H,7-8,11H2,1-2H3. The molecule has 0 aliphatic carbocycles. The molecule has 136 valence electrons. The SMILES string of the molecule is Cc1ccc(CN(C)C(=O)CCc2ncc(-c3ccc(F)cc3F)o2)o1. The first-order chi connectivity index (χ1) is 12.4. The van der Waals surface area contributed by atoms with Crippen LogP contribution in [0.5, 0.6) is 0 Å². The normalized spacial score (nSPS) is 10.9. The van der Waals surface area contributed by atoms with E-state index >= 15 is 0 Å². The third-order valence-electron chi connectivity index (χ3n) is 3.92. The van der Waals surface area contributed by atoms with Gasteiger partial charge in [0.2, 0.25) is 5.91 Å². The molecule has 0 radical (unpaired) electrons. The van der Waals surface area contributed by atoms with E-state index in [2.05, 4.69) is 4.98 Å². The summed E-state index contributed by atoms with van der Waals surface area (Å²) >= 11 is 0. The van der Waals surface area contributed by atoms with Crippen molar-refractivity contribution in [2.75, 3.05) is 7.05 Å². The van der Waals surface area contributed by atoms with Crippen molar-refractivity contribution in [2.24, 2.45) is 0 Å². The Kier molecular flexibility index (Phi) is 5.16. The lowest BCUT2D eigenvalue weighted by Crippen LogP contribution is -2.26. The monoisotopic (exact) mass is 360 g/mol. The molecule has 0 aliphatic rings. The maximum atomic E-state index is 13.8. The molecule has 2 heterocycles. The molecule has 1 amide bonds. The molecule has 3 rings (SSSR count). The Bertz CT molecular complexity index is 917. The average Bonchev–Trinajstić information content (AvgIpc) is 3.21. The Morgan fingerprint density at radius 3 is 2.69 bits per heavy atom. The second-order valence-electron chi connectivity index (χ2n) is 6.00. The van der Waals surface area contributed by atoms with Gasteiger partial charge >= 0.3 is 0 Å². The lowest BCUT2D eigenvalue weighted by atomic mass is 10.2. The van der Waals surface area contributed by atoms with Crippen molar-refractivity contribution < 1.29 is 22.4 Å². The molecule has 1 aromatic carbocycles. The van der Waals surface area contributed by atoms with Gasteiger partial charge in [-0.15, -0.1) is 0 Å². The van der Waals surface area contributed by atoms with Crippen molar-refractivity contribution in [3.05, 3.63) is 65.6 Å². The summed E-state index contributed by atoms with van der Waals surface area (Å²) in [6, 6.07) is 6.90. The third kappa shape index (κ3) is 4.17. The molecular formula is C19H18F2N2O3. The van der Waals surface area contributed by atoms with Crippen LogP contribution in [0.3, 0.4) is 0 Å². The van der Waals surface area contributed by atoms with Gasteiger partial charge in [-0.2, -0.15) is 0 Å². The van der Waals surface area contributed by atoms with Crippen LogP contribution in [0.15, 0.2) is 45.4 Å². The number of carbonyl (C=O) groups is 1. The molecule has 0 aliphatic heterocycles. The minimum Gasteiger partial charge on any atom is -0.464 e. The number of aromatic nitrogens is 1. The summed E-state index contributed by atoms with van der Waals surface area (Å²) in [4.78, 5) is 17.8. The van der Waals surface area contributed by atoms with Crippen LogP contribution >= 0.6 is 0 Å². The van der Waals surface area contributed by atoms with Crippen LogP contribution in [0.2, 0.25) is 0 Å². The molecule has 0 fully saturated rings. The number of furan rings is 1. The molecule has 0 N–H and O–H groups in total. The minimum absolute atomic E-state index is 0.0910. The van der Waals surface area contributed by atoms with Gasteiger partial charge in [-0.05, 0) is 31.2 Å². The molecule has 0 atom stereocenters. The topological polar surface area (TPSA) is 59.5 Å². The van der Waals surface area contributed by atoms with Gasteiger partial charge in [-0.3, -0.25) is 4.79 Å². The number of rotatable bonds is 6. The van der Waals surface area contributed by atoms with Crippen LogP contribution in [-0.2, 0) is 17.8 Å². The fraction of sp³-hybridized carbons (Fsp3) is 0.263. The number of benzene rings is 1. The van der Waals surface area contributed by atoms with Crippen molar-refractivity contribution in [2.45, 2.75) is 26.3 Å². The van der Waals surface area contributed by atoms with E-state index in [1.54, 1.807) is 11.9 Å². The van der Waals surface area contributed by atoms with E-state index in [1.165, 1.54) is 12.3 Å². The van der Waals surface area contributed by atoms with E-state index in [-0.39, 0.29) is 30.1 Å². The molecule has 0 bridgehead atoms. The zero-order chi connectivity index (χ0) is 18.7. The zero-order valence-corrected chi connectivity index (χ0v) is 14.5. The average molecular weight is 360 g/mol. The van der Waals surface area contributed by atoms with E-state index in [0.717, 1.165) is 17.9 Å². The maximum Gasteiger partial charge on any atom is 0.223 e. The minimum atomic E-state index is -0.725. The summed E-state index contributed by atoms with van der Waals surface area (Å²) in [6.07, 6.45) is 1.84. The van der Waals surface area contributed by atoms with Crippen LogP contribution in [0.4, 0.5) is 8.78 Å².